The first-order valence-corrected chi connectivity index (χ1v) is 7.78. The van der Waals surface area contributed by atoms with E-state index in [1.54, 1.807) is 12.1 Å². The van der Waals surface area contributed by atoms with E-state index in [0.29, 0.717) is 27.6 Å². The first-order valence-electron chi connectivity index (χ1n) is 6.65. The minimum Gasteiger partial charge on any atom is -0.493 e. The summed E-state index contributed by atoms with van der Waals surface area (Å²) in [5, 5.41) is 3.49. The maximum absolute atomic E-state index is 12.0. The van der Waals surface area contributed by atoms with Gasteiger partial charge in [-0.25, -0.2) is 0 Å². The van der Waals surface area contributed by atoms with E-state index in [1.807, 2.05) is 0 Å². The second-order valence-electron chi connectivity index (χ2n) is 4.62. The number of carbonyl (C=O) groups is 2. The Morgan fingerprint density at radius 2 is 1.88 bits per heavy atom. The van der Waals surface area contributed by atoms with Crippen LogP contribution in [0, 0.1) is 0 Å². The van der Waals surface area contributed by atoms with Crippen molar-refractivity contribution in [3.05, 3.63) is 51.0 Å². The average molecular weight is 389 g/mol. The number of methoxy groups -OCH3 is 1. The highest BCUT2D eigenvalue weighted by molar-refractivity contribution is 6.42. The van der Waals surface area contributed by atoms with Crippen molar-refractivity contribution in [1.82, 2.24) is 0 Å². The molecule has 1 N–H and O–H groups in total. The Labute approximate surface area is 153 Å². The molecule has 1 amide bonds. The van der Waals surface area contributed by atoms with Crippen LogP contribution in [0.5, 0.6) is 11.5 Å². The number of anilines is 1. The topological polar surface area (TPSA) is 64.6 Å². The van der Waals surface area contributed by atoms with Crippen LogP contribution in [0.3, 0.4) is 0 Å². The van der Waals surface area contributed by atoms with Gasteiger partial charge < -0.3 is 14.8 Å². The van der Waals surface area contributed by atoms with Crippen LogP contribution in [0.1, 0.15) is 10.4 Å². The Bertz CT molecular complexity index is 780. The standard InChI is InChI=1S/C16H12Cl3NO4/c1-23-14-5-9(7-21)4-13(19)16(14)24-8-15(22)20-10-2-3-11(17)12(18)6-10/h2-7H,8H2,1H3,(H,20,22). The Morgan fingerprint density at radius 3 is 2.50 bits per heavy atom. The quantitative estimate of drug-likeness (QED) is 0.741. The molecule has 0 aliphatic carbocycles. The third-order valence-electron chi connectivity index (χ3n) is 2.94. The van der Waals surface area contributed by atoms with Crippen molar-refractivity contribution in [3.63, 3.8) is 0 Å². The SMILES string of the molecule is COc1cc(C=O)cc(Cl)c1OCC(=O)Nc1ccc(Cl)c(Cl)c1. The molecule has 0 aliphatic rings. The molecule has 0 atom stereocenters. The van der Waals surface area contributed by atoms with Gasteiger partial charge in [-0.15, -0.1) is 0 Å². The molecule has 8 heteroatoms. The van der Waals surface area contributed by atoms with Gasteiger partial charge in [0.25, 0.3) is 5.91 Å². The zero-order valence-electron chi connectivity index (χ0n) is 12.4. The molecule has 24 heavy (non-hydrogen) atoms. The van der Waals surface area contributed by atoms with E-state index in [4.69, 9.17) is 44.3 Å². The average Bonchev–Trinajstić information content (AvgIpc) is 2.56. The Balaban J connectivity index is 2.06. The highest BCUT2D eigenvalue weighted by Crippen LogP contribution is 2.36. The summed E-state index contributed by atoms with van der Waals surface area (Å²) in [4.78, 5) is 22.8. The Hall–Kier alpha value is -1.95. The van der Waals surface area contributed by atoms with Crippen LogP contribution in [0.15, 0.2) is 30.3 Å². The lowest BCUT2D eigenvalue weighted by atomic mass is 10.2. The van der Waals surface area contributed by atoms with Gasteiger partial charge in [0.15, 0.2) is 18.1 Å². The number of ether oxygens (including phenoxy) is 2. The van der Waals surface area contributed by atoms with Crippen LogP contribution in [0.2, 0.25) is 15.1 Å². The van der Waals surface area contributed by atoms with Gasteiger partial charge in [-0.2, -0.15) is 0 Å². The van der Waals surface area contributed by atoms with Crippen LogP contribution in [-0.4, -0.2) is 25.9 Å². The van der Waals surface area contributed by atoms with E-state index < -0.39 is 5.91 Å². The molecular formula is C16H12Cl3NO4. The predicted octanol–water partition coefficient (Wildman–Crippen LogP) is 4.49. The van der Waals surface area contributed by atoms with Gasteiger partial charge in [0.05, 0.1) is 22.2 Å². The largest absolute Gasteiger partial charge is 0.493 e. The summed E-state index contributed by atoms with van der Waals surface area (Å²) in [5.41, 5.74) is 0.817. The van der Waals surface area contributed by atoms with Gasteiger partial charge in [-0.1, -0.05) is 34.8 Å². The fraction of sp³-hybridized carbons (Fsp3) is 0.125. The van der Waals surface area contributed by atoms with E-state index in [-0.39, 0.29) is 23.1 Å². The number of benzene rings is 2. The Kier molecular flexibility index (Phi) is 6.31. The zero-order valence-corrected chi connectivity index (χ0v) is 14.7. The summed E-state index contributed by atoms with van der Waals surface area (Å²) in [6.07, 6.45) is 0.634. The maximum Gasteiger partial charge on any atom is 0.262 e. The second kappa shape index (κ2) is 8.24. The number of nitrogens with one attached hydrogen (secondary N) is 1. The minimum absolute atomic E-state index is 0.166. The molecule has 0 heterocycles. The van der Waals surface area contributed by atoms with Crippen molar-refractivity contribution in [2.75, 3.05) is 19.0 Å². The molecule has 2 aromatic carbocycles. The Morgan fingerprint density at radius 1 is 1.12 bits per heavy atom. The maximum atomic E-state index is 12.0. The van der Waals surface area contributed by atoms with Crippen LogP contribution in [0.25, 0.3) is 0 Å². The van der Waals surface area contributed by atoms with Crippen molar-refractivity contribution in [2.24, 2.45) is 0 Å². The summed E-state index contributed by atoms with van der Waals surface area (Å²) in [5.74, 6) is 0.00645. The van der Waals surface area contributed by atoms with E-state index in [9.17, 15) is 9.59 Å². The zero-order chi connectivity index (χ0) is 17.7. The molecule has 0 bridgehead atoms. The van der Waals surface area contributed by atoms with Gasteiger partial charge in [0, 0.05) is 11.3 Å². The summed E-state index contributed by atoms with van der Waals surface area (Å²) in [6.45, 7) is -0.309. The molecule has 126 valence electrons. The van der Waals surface area contributed by atoms with E-state index >= 15 is 0 Å². The van der Waals surface area contributed by atoms with E-state index in [2.05, 4.69) is 5.32 Å². The first-order chi connectivity index (χ1) is 11.4. The van der Waals surface area contributed by atoms with Gasteiger partial charge in [-0.3, -0.25) is 9.59 Å². The summed E-state index contributed by atoms with van der Waals surface area (Å²) < 4.78 is 10.5. The van der Waals surface area contributed by atoms with Gasteiger partial charge in [0.2, 0.25) is 0 Å². The number of aldehydes is 1. The van der Waals surface area contributed by atoms with Crippen molar-refractivity contribution in [3.8, 4) is 11.5 Å². The minimum atomic E-state index is -0.425. The normalized spacial score (nSPS) is 10.2. The van der Waals surface area contributed by atoms with Gasteiger partial charge >= 0.3 is 0 Å². The number of hydrogen-bond acceptors (Lipinski definition) is 4. The predicted molar refractivity (Wildman–Crippen MR) is 94.0 cm³/mol. The molecular weight excluding hydrogens is 377 g/mol. The summed E-state index contributed by atoms with van der Waals surface area (Å²) in [6, 6.07) is 7.58. The highest BCUT2D eigenvalue weighted by atomic mass is 35.5. The van der Waals surface area contributed by atoms with Crippen LogP contribution in [-0.2, 0) is 4.79 Å². The summed E-state index contributed by atoms with van der Waals surface area (Å²) in [7, 11) is 1.41. The highest BCUT2D eigenvalue weighted by Gasteiger charge is 2.14. The van der Waals surface area contributed by atoms with Crippen molar-refractivity contribution in [2.45, 2.75) is 0 Å². The smallest absolute Gasteiger partial charge is 0.262 e. The van der Waals surface area contributed by atoms with Crippen LogP contribution < -0.4 is 14.8 Å². The molecule has 0 fully saturated rings. The van der Waals surface area contributed by atoms with Crippen molar-refractivity contribution in [1.29, 1.82) is 0 Å². The molecule has 0 saturated carbocycles. The molecule has 2 rings (SSSR count). The fourth-order valence-corrected chi connectivity index (χ4v) is 2.43. The van der Waals surface area contributed by atoms with Crippen molar-refractivity contribution < 1.29 is 19.1 Å². The lowest BCUT2D eigenvalue weighted by molar-refractivity contribution is -0.118. The van der Waals surface area contributed by atoms with Gasteiger partial charge in [0.1, 0.15) is 6.29 Å². The number of hydrogen-bond donors (Lipinski definition) is 1. The lowest BCUT2D eigenvalue weighted by Gasteiger charge is -2.13. The third-order valence-corrected chi connectivity index (χ3v) is 3.96. The van der Waals surface area contributed by atoms with Crippen molar-refractivity contribution >= 4 is 52.7 Å². The molecule has 0 unspecified atom stereocenters. The number of rotatable bonds is 6. The number of carbonyl (C=O) groups excluding carboxylic acids is 2. The fourth-order valence-electron chi connectivity index (χ4n) is 1.86. The summed E-state index contributed by atoms with van der Waals surface area (Å²) >= 11 is 17.7. The molecule has 0 aromatic heterocycles. The van der Waals surface area contributed by atoms with Crippen LogP contribution >= 0.6 is 34.8 Å². The van der Waals surface area contributed by atoms with Crippen LogP contribution in [0.4, 0.5) is 5.69 Å². The molecule has 0 saturated heterocycles. The number of halogens is 3. The molecule has 0 radical (unpaired) electrons. The first kappa shape index (κ1) is 18.4. The lowest BCUT2D eigenvalue weighted by Crippen LogP contribution is -2.20. The molecule has 0 aliphatic heterocycles. The van der Waals surface area contributed by atoms with Gasteiger partial charge in [-0.05, 0) is 30.3 Å². The second-order valence-corrected chi connectivity index (χ2v) is 5.84. The third kappa shape index (κ3) is 4.54. The number of amides is 1. The van der Waals surface area contributed by atoms with E-state index in [0.717, 1.165) is 0 Å². The molecule has 5 nitrogen and oxygen atoms in total. The molecule has 2 aromatic rings. The van der Waals surface area contributed by atoms with E-state index in [1.165, 1.54) is 25.3 Å². The monoisotopic (exact) mass is 387 g/mol. The molecule has 0 spiro atoms.